The summed E-state index contributed by atoms with van der Waals surface area (Å²) >= 11 is 0. The maximum Gasteiger partial charge on any atom is 0.214 e. The van der Waals surface area contributed by atoms with Gasteiger partial charge in [0.05, 0.1) is 12.2 Å². The Morgan fingerprint density at radius 2 is 2.05 bits per heavy atom. The molecule has 3 N–H and O–H groups in total. The molecular weight excluding hydrogens is 246 g/mol. The van der Waals surface area contributed by atoms with E-state index in [1.165, 1.54) is 0 Å². The van der Waals surface area contributed by atoms with Gasteiger partial charge in [0.1, 0.15) is 6.61 Å². The monoisotopic (exact) mass is 267 g/mol. The highest BCUT2D eigenvalue weighted by molar-refractivity contribution is 5.97. The predicted molar refractivity (Wildman–Crippen MR) is 72.7 cm³/mol. The molecule has 6 heteroatoms. The molecule has 1 aromatic heterocycles. The lowest BCUT2D eigenvalue weighted by Crippen LogP contribution is -2.22. The minimum atomic E-state index is -0.192. The van der Waals surface area contributed by atoms with Crippen molar-refractivity contribution in [3.8, 4) is 5.88 Å². The number of aromatic nitrogens is 1. The standard InChI is InChI=1S/C13H21N3O3/c1-9-7-10(12(14)16-17)8-11(15-9)18-5-6-19-13(2,3)4/h7-8,17H,5-6H2,1-4H3,(H2,14,16). The summed E-state index contributed by atoms with van der Waals surface area (Å²) in [5, 5.41) is 11.6. The van der Waals surface area contributed by atoms with Gasteiger partial charge in [0, 0.05) is 17.3 Å². The summed E-state index contributed by atoms with van der Waals surface area (Å²) in [6.07, 6.45) is 0. The highest BCUT2D eigenvalue weighted by atomic mass is 16.5. The number of pyridine rings is 1. The van der Waals surface area contributed by atoms with Gasteiger partial charge in [0.25, 0.3) is 0 Å². The highest BCUT2D eigenvalue weighted by Crippen LogP contribution is 2.13. The largest absolute Gasteiger partial charge is 0.475 e. The Labute approximate surface area is 113 Å². The highest BCUT2D eigenvalue weighted by Gasteiger charge is 2.10. The molecule has 0 aliphatic carbocycles. The molecule has 106 valence electrons. The number of nitrogens with two attached hydrogens (primary N) is 1. The van der Waals surface area contributed by atoms with Crippen molar-refractivity contribution in [1.82, 2.24) is 4.98 Å². The zero-order chi connectivity index (χ0) is 14.5. The van der Waals surface area contributed by atoms with Crippen LogP contribution >= 0.6 is 0 Å². The van der Waals surface area contributed by atoms with Crippen LogP contribution in [0.5, 0.6) is 5.88 Å². The van der Waals surface area contributed by atoms with E-state index < -0.39 is 0 Å². The second kappa shape index (κ2) is 6.38. The number of ether oxygens (including phenoxy) is 2. The van der Waals surface area contributed by atoms with Crippen molar-refractivity contribution >= 4 is 5.84 Å². The summed E-state index contributed by atoms with van der Waals surface area (Å²) in [6, 6.07) is 3.34. The lowest BCUT2D eigenvalue weighted by Gasteiger charge is -2.19. The number of hydrogen-bond acceptors (Lipinski definition) is 5. The van der Waals surface area contributed by atoms with Crippen LogP contribution in [-0.4, -0.2) is 34.8 Å². The Bertz CT molecular complexity index is 453. The lowest BCUT2D eigenvalue weighted by molar-refractivity contribution is -0.0168. The fraction of sp³-hybridized carbons (Fsp3) is 0.538. The molecule has 1 heterocycles. The summed E-state index contributed by atoms with van der Waals surface area (Å²) in [7, 11) is 0. The van der Waals surface area contributed by atoms with Crippen LogP contribution in [0, 0.1) is 6.92 Å². The van der Waals surface area contributed by atoms with Crippen molar-refractivity contribution in [2.24, 2.45) is 10.9 Å². The minimum absolute atomic E-state index is 0.0290. The number of oxime groups is 1. The van der Waals surface area contributed by atoms with Crippen LogP contribution in [0.1, 0.15) is 32.0 Å². The van der Waals surface area contributed by atoms with Gasteiger partial charge in [-0.15, -0.1) is 0 Å². The number of nitrogens with zero attached hydrogens (tertiary/aromatic N) is 2. The summed E-state index contributed by atoms with van der Waals surface area (Å²) in [5.41, 5.74) is 6.65. The molecule has 0 bridgehead atoms. The van der Waals surface area contributed by atoms with Crippen molar-refractivity contribution < 1.29 is 14.7 Å². The SMILES string of the molecule is Cc1cc(/C(N)=N/O)cc(OCCOC(C)(C)C)n1. The van der Waals surface area contributed by atoms with Crippen molar-refractivity contribution in [2.45, 2.75) is 33.3 Å². The number of hydrogen-bond donors (Lipinski definition) is 2. The molecule has 6 nitrogen and oxygen atoms in total. The first-order chi connectivity index (χ1) is 8.81. The Morgan fingerprint density at radius 1 is 1.37 bits per heavy atom. The molecule has 1 rings (SSSR count). The zero-order valence-electron chi connectivity index (χ0n) is 11.8. The first-order valence-corrected chi connectivity index (χ1v) is 6.05. The van der Waals surface area contributed by atoms with Crippen LogP contribution in [0.3, 0.4) is 0 Å². The topological polar surface area (TPSA) is 90.0 Å². The van der Waals surface area contributed by atoms with Gasteiger partial charge < -0.3 is 20.4 Å². The molecule has 0 unspecified atom stereocenters. The van der Waals surface area contributed by atoms with Gasteiger partial charge in [0.15, 0.2) is 5.84 Å². The maximum absolute atomic E-state index is 8.66. The summed E-state index contributed by atoms with van der Waals surface area (Å²) in [6.45, 7) is 8.62. The van der Waals surface area contributed by atoms with E-state index in [2.05, 4.69) is 10.1 Å². The molecule has 0 amide bonds. The Balaban J connectivity index is 2.62. The van der Waals surface area contributed by atoms with E-state index in [4.69, 9.17) is 20.4 Å². The maximum atomic E-state index is 8.66. The second-order valence-electron chi connectivity index (χ2n) is 5.13. The summed E-state index contributed by atoms with van der Waals surface area (Å²) < 4.78 is 11.0. The third-order valence-corrected chi connectivity index (χ3v) is 2.20. The smallest absolute Gasteiger partial charge is 0.214 e. The Morgan fingerprint density at radius 3 is 2.63 bits per heavy atom. The molecule has 1 aromatic rings. The first-order valence-electron chi connectivity index (χ1n) is 6.05. The van der Waals surface area contributed by atoms with E-state index in [-0.39, 0.29) is 11.4 Å². The van der Waals surface area contributed by atoms with Gasteiger partial charge in [0.2, 0.25) is 5.88 Å². The molecule has 0 aliphatic heterocycles. The van der Waals surface area contributed by atoms with E-state index in [1.807, 2.05) is 27.7 Å². The van der Waals surface area contributed by atoms with Gasteiger partial charge in [-0.3, -0.25) is 0 Å². The molecule has 0 aliphatic rings. The Kier molecular flexibility index (Phi) is 5.11. The van der Waals surface area contributed by atoms with Crippen LogP contribution in [-0.2, 0) is 4.74 Å². The van der Waals surface area contributed by atoms with Crippen LogP contribution in [0.4, 0.5) is 0 Å². The van der Waals surface area contributed by atoms with Crippen LogP contribution < -0.4 is 10.5 Å². The predicted octanol–water partition coefficient (Wildman–Crippen LogP) is 1.68. The van der Waals surface area contributed by atoms with Gasteiger partial charge in [-0.05, 0) is 33.8 Å². The van der Waals surface area contributed by atoms with Crippen LogP contribution in [0.25, 0.3) is 0 Å². The molecule has 19 heavy (non-hydrogen) atoms. The number of amidine groups is 1. The van der Waals surface area contributed by atoms with Gasteiger partial charge >= 0.3 is 0 Å². The zero-order valence-corrected chi connectivity index (χ0v) is 11.8. The molecule has 0 radical (unpaired) electrons. The normalized spacial score (nSPS) is 12.5. The van der Waals surface area contributed by atoms with Crippen molar-refractivity contribution in [1.29, 1.82) is 0 Å². The average Bonchev–Trinajstić information content (AvgIpc) is 2.32. The Hall–Kier alpha value is -1.82. The van der Waals surface area contributed by atoms with Crippen molar-refractivity contribution in [2.75, 3.05) is 13.2 Å². The lowest BCUT2D eigenvalue weighted by atomic mass is 10.2. The molecule has 0 spiro atoms. The van der Waals surface area contributed by atoms with E-state index >= 15 is 0 Å². The molecule has 0 fully saturated rings. The van der Waals surface area contributed by atoms with Crippen LogP contribution in [0.2, 0.25) is 0 Å². The van der Waals surface area contributed by atoms with Crippen molar-refractivity contribution in [3.05, 3.63) is 23.4 Å². The fourth-order valence-electron chi connectivity index (χ4n) is 1.41. The van der Waals surface area contributed by atoms with Crippen molar-refractivity contribution in [3.63, 3.8) is 0 Å². The molecule has 0 saturated heterocycles. The molecular formula is C13H21N3O3. The molecule has 0 saturated carbocycles. The summed E-state index contributed by atoms with van der Waals surface area (Å²) in [4.78, 5) is 4.21. The van der Waals surface area contributed by atoms with Gasteiger partial charge in [-0.1, -0.05) is 5.16 Å². The summed E-state index contributed by atoms with van der Waals surface area (Å²) in [5.74, 6) is 0.459. The third kappa shape index (κ3) is 5.56. The number of rotatable bonds is 5. The van der Waals surface area contributed by atoms with E-state index in [9.17, 15) is 0 Å². The molecule has 0 aromatic carbocycles. The van der Waals surface area contributed by atoms with Gasteiger partial charge in [-0.25, -0.2) is 4.98 Å². The van der Waals surface area contributed by atoms with E-state index in [0.29, 0.717) is 24.7 Å². The molecule has 0 atom stereocenters. The average molecular weight is 267 g/mol. The van der Waals surface area contributed by atoms with Crippen LogP contribution in [0.15, 0.2) is 17.3 Å². The van der Waals surface area contributed by atoms with E-state index in [0.717, 1.165) is 5.69 Å². The fourth-order valence-corrected chi connectivity index (χ4v) is 1.41. The second-order valence-corrected chi connectivity index (χ2v) is 5.13. The first kappa shape index (κ1) is 15.2. The quantitative estimate of drug-likeness (QED) is 0.278. The third-order valence-electron chi connectivity index (χ3n) is 2.20. The minimum Gasteiger partial charge on any atom is -0.475 e. The van der Waals surface area contributed by atoms with E-state index in [1.54, 1.807) is 12.1 Å². The van der Waals surface area contributed by atoms with Gasteiger partial charge in [-0.2, -0.15) is 0 Å². The number of aryl methyl sites for hydroxylation is 1.